The van der Waals surface area contributed by atoms with E-state index in [0.717, 1.165) is 43.1 Å². The van der Waals surface area contributed by atoms with E-state index >= 15 is 0 Å². The van der Waals surface area contributed by atoms with E-state index < -0.39 is 4.92 Å². The lowest BCUT2D eigenvalue weighted by Crippen LogP contribution is -2.15. The molecular formula is C14H20N6O2. The summed E-state index contributed by atoms with van der Waals surface area (Å²) < 4.78 is 3.89. The van der Waals surface area contributed by atoms with Gasteiger partial charge in [-0.25, -0.2) is 0 Å². The summed E-state index contributed by atoms with van der Waals surface area (Å²) in [4.78, 5) is 10.4. The zero-order valence-electron chi connectivity index (χ0n) is 12.9. The largest absolute Gasteiger partial charge is 0.390 e. The quantitative estimate of drug-likeness (QED) is 0.638. The second-order valence-corrected chi connectivity index (χ2v) is 5.92. The van der Waals surface area contributed by atoms with Crippen LogP contribution in [0.25, 0.3) is 0 Å². The van der Waals surface area contributed by atoms with Crippen molar-refractivity contribution in [2.45, 2.75) is 58.5 Å². The molecule has 0 aliphatic carbocycles. The monoisotopic (exact) mass is 304 g/mol. The summed E-state index contributed by atoms with van der Waals surface area (Å²) in [5, 5.41) is 23.5. The van der Waals surface area contributed by atoms with Gasteiger partial charge in [-0.1, -0.05) is 13.3 Å². The number of aromatic nitrogens is 5. The lowest BCUT2D eigenvalue weighted by atomic mass is 10.1. The van der Waals surface area contributed by atoms with Crippen LogP contribution >= 0.6 is 0 Å². The average Bonchev–Trinajstić information content (AvgIpc) is 2.96. The summed E-state index contributed by atoms with van der Waals surface area (Å²) in [5.41, 5.74) is 0.786. The number of aryl methyl sites for hydroxylation is 2. The van der Waals surface area contributed by atoms with Gasteiger partial charge in [0, 0.05) is 18.9 Å². The molecule has 8 nitrogen and oxygen atoms in total. The Hall–Kier alpha value is -2.25. The molecule has 0 aromatic carbocycles. The van der Waals surface area contributed by atoms with Crippen LogP contribution in [0.3, 0.4) is 0 Å². The van der Waals surface area contributed by atoms with Crippen LogP contribution in [0.4, 0.5) is 5.82 Å². The lowest BCUT2D eigenvalue weighted by Gasteiger charge is -2.12. The molecule has 2 aromatic rings. The first-order valence-corrected chi connectivity index (χ1v) is 7.67. The topological polar surface area (TPSA) is 91.7 Å². The summed E-state index contributed by atoms with van der Waals surface area (Å²) >= 11 is 0. The molecule has 0 radical (unpaired) electrons. The molecule has 0 N–H and O–H groups in total. The highest BCUT2D eigenvalue weighted by molar-refractivity contribution is 5.21. The van der Waals surface area contributed by atoms with E-state index in [0.29, 0.717) is 6.54 Å². The average molecular weight is 304 g/mol. The van der Waals surface area contributed by atoms with Crippen molar-refractivity contribution in [3.8, 4) is 0 Å². The summed E-state index contributed by atoms with van der Waals surface area (Å²) in [7, 11) is 0. The molecule has 0 spiro atoms. The smallest absolute Gasteiger partial charge is 0.358 e. The minimum atomic E-state index is -0.461. The third-order valence-corrected chi connectivity index (χ3v) is 4.18. The predicted octanol–water partition coefficient (Wildman–Crippen LogP) is 2.22. The standard InChI is InChI=1S/C14H20N6O2/c1-10(9-19-11(2)8-13(17-19)20(21)22)14-16-15-12-6-4-3-5-7-18(12)14/h8,10H,3-7,9H2,1-2H3. The highest BCUT2D eigenvalue weighted by Gasteiger charge is 2.23. The number of rotatable bonds is 4. The van der Waals surface area contributed by atoms with Crippen molar-refractivity contribution < 1.29 is 4.92 Å². The first-order chi connectivity index (χ1) is 10.6. The van der Waals surface area contributed by atoms with Gasteiger partial charge >= 0.3 is 5.82 Å². The maximum Gasteiger partial charge on any atom is 0.390 e. The molecule has 0 saturated carbocycles. The van der Waals surface area contributed by atoms with Crippen molar-refractivity contribution in [1.29, 1.82) is 0 Å². The number of hydrogen-bond donors (Lipinski definition) is 0. The third kappa shape index (κ3) is 2.72. The van der Waals surface area contributed by atoms with Crippen molar-refractivity contribution >= 4 is 5.82 Å². The molecule has 0 amide bonds. The van der Waals surface area contributed by atoms with Gasteiger partial charge in [-0.15, -0.1) is 10.2 Å². The van der Waals surface area contributed by atoms with Gasteiger partial charge < -0.3 is 14.7 Å². The number of nitro groups is 1. The van der Waals surface area contributed by atoms with Crippen LogP contribution in [-0.2, 0) is 19.5 Å². The summed E-state index contributed by atoms with van der Waals surface area (Å²) in [6.45, 7) is 5.42. The highest BCUT2D eigenvalue weighted by atomic mass is 16.6. The molecule has 1 atom stereocenters. The van der Waals surface area contributed by atoms with Crippen molar-refractivity contribution in [2.24, 2.45) is 0 Å². The summed E-state index contributed by atoms with van der Waals surface area (Å²) in [6.07, 6.45) is 4.52. The normalized spacial score (nSPS) is 16.1. The molecule has 0 saturated heterocycles. The minimum Gasteiger partial charge on any atom is -0.358 e. The fourth-order valence-electron chi connectivity index (χ4n) is 2.98. The fraction of sp³-hybridized carbons (Fsp3) is 0.643. The molecule has 22 heavy (non-hydrogen) atoms. The predicted molar refractivity (Wildman–Crippen MR) is 79.6 cm³/mol. The molecule has 2 aromatic heterocycles. The number of hydrogen-bond acceptors (Lipinski definition) is 5. The molecule has 1 aliphatic heterocycles. The molecule has 3 heterocycles. The van der Waals surface area contributed by atoms with Gasteiger partial charge in [-0.05, 0) is 24.7 Å². The molecule has 1 aliphatic rings. The SMILES string of the molecule is Cc1cc([N+](=O)[O-])nn1CC(C)c1nnc2n1CCCCC2. The maximum atomic E-state index is 10.8. The van der Waals surface area contributed by atoms with E-state index in [-0.39, 0.29) is 11.7 Å². The van der Waals surface area contributed by atoms with Gasteiger partial charge in [0.05, 0.1) is 23.4 Å². The van der Waals surface area contributed by atoms with Crippen LogP contribution in [0, 0.1) is 17.0 Å². The van der Waals surface area contributed by atoms with Crippen LogP contribution in [0.1, 0.15) is 49.4 Å². The van der Waals surface area contributed by atoms with Crippen LogP contribution in [-0.4, -0.2) is 29.5 Å². The fourth-order valence-corrected chi connectivity index (χ4v) is 2.98. The van der Waals surface area contributed by atoms with Crippen LogP contribution < -0.4 is 0 Å². The van der Waals surface area contributed by atoms with Crippen molar-refractivity contribution in [3.63, 3.8) is 0 Å². The highest BCUT2D eigenvalue weighted by Crippen LogP contribution is 2.22. The molecule has 118 valence electrons. The Labute approximate surface area is 128 Å². The molecule has 3 rings (SSSR count). The molecule has 1 unspecified atom stereocenters. The van der Waals surface area contributed by atoms with Gasteiger partial charge in [-0.2, -0.15) is 4.68 Å². The second-order valence-electron chi connectivity index (χ2n) is 5.92. The van der Waals surface area contributed by atoms with Crippen molar-refractivity contribution in [2.75, 3.05) is 0 Å². The molecular weight excluding hydrogens is 284 g/mol. The van der Waals surface area contributed by atoms with Gasteiger partial charge in [0.25, 0.3) is 0 Å². The van der Waals surface area contributed by atoms with E-state index in [2.05, 4.69) is 26.8 Å². The zero-order chi connectivity index (χ0) is 15.7. The van der Waals surface area contributed by atoms with E-state index in [9.17, 15) is 10.1 Å². The maximum absolute atomic E-state index is 10.8. The Morgan fingerprint density at radius 1 is 1.36 bits per heavy atom. The first kappa shape index (κ1) is 14.7. The molecule has 0 bridgehead atoms. The second kappa shape index (κ2) is 5.86. The number of fused-ring (bicyclic) bond motifs is 1. The molecule has 8 heteroatoms. The van der Waals surface area contributed by atoms with Gasteiger partial charge in [0.15, 0.2) is 0 Å². The van der Waals surface area contributed by atoms with E-state index in [1.165, 1.54) is 12.5 Å². The Bertz CT molecular complexity index is 690. The van der Waals surface area contributed by atoms with Crippen LogP contribution in [0.5, 0.6) is 0 Å². The summed E-state index contributed by atoms with van der Waals surface area (Å²) in [6, 6.07) is 1.50. The van der Waals surface area contributed by atoms with E-state index in [1.807, 2.05) is 6.92 Å². The van der Waals surface area contributed by atoms with Gasteiger partial charge in [0.1, 0.15) is 11.6 Å². The summed E-state index contributed by atoms with van der Waals surface area (Å²) in [5.74, 6) is 2.01. The lowest BCUT2D eigenvalue weighted by molar-refractivity contribution is -0.389. The Balaban J connectivity index is 1.81. The van der Waals surface area contributed by atoms with E-state index in [4.69, 9.17) is 0 Å². The van der Waals surface area contributed by atoms with Crippen molar-refractivity contribution in [3.05, 3.63) is 33.5 Å². The van der Waals surface area contributed by atoms with Crippen LogP contribution in [0.2, 0.25) is 0 Å². The third-order valence-electron chi connectivity index (χ3n) is 4.18. The van der Waals surface area contributed by atoms with E-state index in [1.54, 1.807) is 4.68 Å². The molecule has 0 fully saturated rings. The Morgan fingerprint density at radius 3 is 2.91 bits per heavy atom. The zero-order valence-corrected chi connectivity index (χ0v) is 12.9. The van der Waals surface area contributed by atoms with Gasteiger partial charge in [-0.3, -0.25) is 0 Å². The minimum absolute atomic E-state index is 0.107. The number of nitrogens with zero attached hydrogens (tertiary/aromatic N) is 6. The van der Waals surface area contributed by atoms with Crippen LogP contribution in [0.15, 0.2) is 6.07 Å². The van der Waals surface area contributed by atoms with Gasteiger partial charge in [0.2, 0.25) is 0 Å². The van der Waals surface area contributed by atoms with Crippen molar-refractivity contribution in [1.82, 2.24) is 24.5 Å². The Morgan fingerprint density at radius 2 is 2.18 bits per heavy atom. The first-order valence-electron chi connectivity index (χ1n) is 7.67. The Kier molecular flexibility index (Phi) is 3.91.